The van der Waals surface area contributed by atoms with Crippen LogP contribution in [0.1, 0.15) is 31.9 Å². The SMILES string of the molecule is Cc1ccc(OC(F)F)c(CNC(=O)OC(C)(C)C)c1Br. The summed E-state index contributed by atoms with van der Waals surface area (Å²) in [6.45, 7) is 4.10. The number of halogens is 3. The molecule has 0 spiro atoms. The maximum atomic E-state index is 12.4. The summed E-state index contributed by atoms with van der Waals surface area (Å²) in [5.41, 5.74) is 0.648. The van der Waals surface area contributed by atoms with E-state index in [4.69, 9.17) is 4.74 Å². The van der Waals surface area contributed by atoms with Gasteiger partial charge in [0, 0.05) is 10.0 Å². The Bertz CT molecular complexity index is 516. The van der Waals surface area contributed by atoms with E-state index < -0.39 is 18.3 Å². The average Bonchev–Trinajstić information content (AvgIpc) is 2.30. The smallest absolute Gasteiger partial charge is 0.407 e. The van der Waals surface area contributed by atoms with Crippen molar-refractivity contribution < 1.29 is 23.0 Å². The molecule has 118 valence electrons. The van der Waals surface area contributed by atoms with Gasteiger partial charge in [0.15, 0.2) is 0 Å². The third kappa shape index (κ3) is 5.87. The average molecular weight is 366 g/mol. The van der Waals surface area contributed by atoms with Crippen LogP contribution in [0.25, 0.3) is 0 Å². The predicted octanol–water partition coefficient (Wildman–Crippen LogP) is 4.38. The first-order valence-electron chi connectivity index (χ1n) is 6.30. The summed E-state index contributed by atoms with van der Waals surface area (Å²) >= 11 is 3.32. The van der Waals surface area contributed by atoms with Gasteiger partial charge in [0.25, 0.3) is 0 Å². The number of amides is 1. The minimum atomic E-state index is -2.93. The zero-order valence-electron chi connectivity index (χ0n) is 12.3. The number of aryl methyl sites for hydroxylation is 1. The maximum Gasteiger partial charge on any atom is 0.407 e. The van der Waals surface area contributed by atoms with Gasteiger partial charge in [-0.15, -0.1) is 0 Å². The molecular weight excluding hydrogens is 348 g/mol. The normalized spacial score (nSPS) is 11.4. The molecule has 0 unspecified atom stereocenters. The van der Waals surface area contributed by atoms with E-state index in [9.17, 15) is 13.6 Å². The molecule has 21 heavy (non-hydrogen) atoms. The van der Waals surface area contributed by atoms with Crippen LogP contribution in [0.3, 0.4) is 0 Å². The van der Waals surface area contributed by atoms with E-state index in [1.807, 2.05) is 6.92 Å². The lowest BCUT2D eigenvalue weighted by molar-refractivity contribution is -0.0505. The fourth-order valence-electron chi connectivity index (χ4n) is 1.57. The zero-order valence-corrected chi connectivity index (χ0v) is 13.9. The molecule has 1 aromatic carbocycles. The standard InChI is InChI=1S/C14H18BrF2NO3/c1-8-5-6-10(20-12(16)17)9(11(8)15)7-18-13(19)21-14(2,3)4/h5-6,12H,7H2,1-4H3,(H,18,19). The summed E-state index contributed by atoms with van der Waals surface area (Å²) in [5, 5.41) is 2.52. The van der Waals surface area contributed by atoms with Gasteiger partial charge >= 0.3 is 12.7 Å². The molecule has 0 radical (unpaired) electrons. The highest BCUT2D eigenvalue weighted by molar-refractivity contribution is 9.10. The first-order chi connectivity index (χ1) is 9.60. The molecule has 0 atom stereocenters. The summed E-state index contributed by atoms with van der Waals surface area (Å²) in [7, 11) is 0. The summed E-state index contributed by atoms with van der Waals surface area (Å²) in [6.07, 6.45) is -0.626. The number of rotatable bonds is 4. The highest BCUT2D eigenvalue weighted by atomic mass is 79.9. The van der Waals surface area contributed by atoms with Crippen molar-refractivity contribution in [1.29, 1.82) is 0 Å². The van der Waals surface area contributed by atoms with E-state index in [0.29, 0.717) is 10.0 Å². The lowest BCUT2D eigenvalue weighted by Gasteiger charge is -2.20. The largest absolute Gasteiger partial charge is 0.444 e. The monoisotopic (exact) mass is 365 g/mol. The van der Waals surface area contributed by atoms with E-state index >= 15 is 0 Å². The lowest BCUT2D eigenvalue weighted by atomic mass is 10.1. The molecule has 1 rings (SSSR count). The molecule has 1 N–H and O–H groups in total. The molecule has 1 aromatic rings. The first kappa shape index (κ1) is 17.7. The zero-order chi connectivity index (χ0) is 16.2. The quantitative estimate of drug-likeness (QED) is 0.860. The highest BCUT2D eigenvalue weighted by Gasteiger charge is 2.18. The summed E-state index contributed by atoms with van der Waals surface area (Å²) in [4.78, 5) is 11.6. The Labute approximate surface area is 130 Å². The Morgan fingerprint density at radius 2 is 2.00 bits per heavy atom. The summed E-state index contributed by atoms with van der Waals surface area (Å²) in [6, 6.07) is 3.09. The first-order valence-corrected chi connectivity index (χ1v) is 7.09. The third-order valence-corrected chi connectivity index (χ3v) is 3.52. The van der Waals surface area contributed by atoms with Crippen LogP contribution in [0, 0.1) is 6.92 Å². The molecule has 0 fully saturated rings. The number of alkyl halides is 2. The Morgan fingerprint density at radius 1 is 1.38 bits per heavy atom. The number of hydrogen-bond donors (Lipinski definition) is 1. The maximum absolute atomic E-state index is 12.4. The molecule has 7 heteroatoms. The molecule has 0 aliphatic heterocycles. The number of nitrogens with one attached hydrogen (secondary N) is 1. The van der Waals surface area contributed by atoms with Gasteiger partial charge in [-0.05, 0) is 39.3 Å². The van der Waals surface area contributed by atoms with Gasteiger partial charge in [0.1, 0.15) is 11.4 Å². The predicted molar refractivity (Wildman–Crippen MR) is 78.6 cm³/mol. The molecule has 4 nitrogen and oxygen atoms in total. The van der Waals surface area contributed by atoms with Crippen LogP contribution in [0.15, 0.2) is 16.6 Å². The Morgan fingerprint density at radius 3 is 2.52 bits per heavy atom. The summed E-state index contributed by atoms with van der Waals surface area (Å²) in [5.74, 6) is 0.0125. The number of benzene rings is 1. The van der Waals surface area contributed by atoms with Gasteiger partial charge in [0.2, 0.25) is 0 Å². The molecule has 0 bridgehead atoms. The van der Waals surface area contributed by atoms with Gasteiger partial charge in [-0.1, -0.05) is 22.0 Å². The minimum Gasteiger partial charge on any atom is -0.444 e. The van der Waals surface area contributed by atoms with Crippen LogP contribution >= 0.6 is 15.9 Å². The van der Waals surface area contributed by atoms with Crippen LogP contribution in [0.4, 0.5) is 13.6 Å². The van der Waals surface area contributed by atoms with Gasteiger partial charge in [-0.25, -0.2) is 4.79 Å². The molecule has 0 heterocycles. The fraction of sp³-hybridized carbons (Fsp3) is 0.500. The molecule has 0 saturated carbocycles. The second kappa shape index (κ2) is 7.06. The minimum absolute atomic E-state index is 0.0125. The van der Waals surface area contributed by atoms with Crippen LogP contribution in [-0.2, 0) is 11.3 Å². The second-order valence-electron chi connectivity index (χ2n) is 5.41. The number of carbonyl (C=O) groups is 1. The van der Waals surface area contributed by atoms with E-state index in [1.165, 1.54) is 6.07 Å². The van der Waals surface area contributed by atoms with Crippen LogP contribution in [-0.4, -0.2) is 18.3 Å². The van der Waals surface area contributed by atoms with Gasteiger partial charge in [-0.2, -0.15) is 8.78 Å². The number of ether oxygens (including phenoxy) is 2. The van der Waals surface area contributed by atoms with Crippen molar-refractivity contribution in [3.05, 3.63) is 27.7 Å². The van der Waals surface area contributed by atoms with Gasteiger partial charge in [-0.3, -0.25) is 0 Å². The Balaban J connectivity index is 2.86. The molecule has 0 saturated heterocycles. The molecule has 0 aliphatic carbocycles. The van der Waals surface area contributed by atoms with Crippen LogP contribution in [0.5, 0.6) is 5.75 Å². The van der Waals surface area contributed by atoms with Crippen molar-refractivity contribution in [3.8, 4) is 5.75 Å². The molecule has 1 amide bonds. The lowest BCUT2D eigenvalue weighted by Crippen LogP contribution is -2.32. The van der Waals surface area contributed by atoms with Gasteiger partial charge < -0.3 is 14.8 Å². The number of carbonyl (C=O) groups excluding carboxylic acids is 1. The van der Waals surface area contributed by atoms with E-state index in [2.05, 4.69) is 26.0 Å². The van der Waals surface area contributed by atoms with Crippen molar-refractivity contribution >= 4 is 22.0 Å². The third-order valence-electron chi connectivity index (χ3n) is 2.42. The van der Waals surface area contributed by atoms with Crippen molar-refractivity contribution in [2.24, 2.45) is 0 Å². The fourth-order valence-corrected chi connectivity index (χ4v) is 2.03. The van der Waals surface area contributed by atoms with Crippen molar-refractivity contribution in [2.75, 3.05) is 0 Å². The number of hydrogen-bond acceptors (Lipinski definition) is 3. The van der Waals surface area contributed by atoms with Crippen molar-refractivity contribution in [2.45, 2.75) is 46.5 Å². The Kier molecular flexibility index (Phi) is 5.95. The number of alkyl carbamates (subject to hydrolysis) is 1. The van der Waals surface area contributed by atoms with Crippen molar-refractivity contribution in [1.82, 2.24) is 5.32 Å². The molecular formula is C14H18BrF2NO3. The van der Waals surface area contributed by atoms with E-state index in [-0.39, 0.29) is 12.3 Å². The topological polar surface area (TPSA) is 47.6 Å². The molecule has 0 aliphatic rings. The highest BCUT2D eigenvalue weighted by Crippen LogP contribution is 2.31. The van der Waals surface area contributed by atoms with E-state index in [0.717, 1.165) is 5.56 Å². The van der Waals surface area contributed by atoms with Crippen molar-refractivity contribution in [3.63, 3.8) is 0 Å². The van der Waals surface area contributed by atoms with Crippen LogP contribution < -0.4 is 10.1 Å². The molecule has 0 aromatic heterocycles. The van der Waals surface area contributed by atoms with Gasteiger partial charge in [0.05, 0.1) is 6.54 Å². The van der Waals surface area contributed by atoms with Crippen LogP contribution in [0.2, 0.25) is 0 Å². The van der Waals surface area contributed by atoms with E-state index in [1.54, 1.807) is 26.8 Å². The summed E-state index contributed by atoms with van der Waals surface area (Å²) < 4.78 is 35.0. The Hall–Kier alpha value is -1.37. The second-order valence-corrected chi connectivity index (χ2v) is 6.20.